The van der Waals surface area contributed by atoms with Gasteiger partial charge in [-0.25, -0.2) is 5.48 Å². The van der Waals surface area contributed by atoms with Crippen molar-refractivity contribution >= 4 is 23.7 Å². The fraction of sp³-hybridized carbons (Fsp3) is 0.895. The van der Waals surface area contributed by atoms with Crippen LogP contribution < -0.4 is 16.1 Å². The van der Waals surface area contributed by atoms with Crippen molar-refractivity contribution in [2.24, 2.45) is 46.3 Å². The van der Waals surface area contributed by atoms with Crippen LogP contribution in [0.1, 0.15) is 111 Å². The molecule has 286 valence electrons. The lowest BCUT2D eigenvalue weighted by Crippen LogP contribution is -2.54. The zero-order valence-electron chi connectivity index (χ0n) is 31.1. The number of carbonyl (C=O) groups is 4. The Morgan fingerprint density at radius 2 is 1.44 bits per heavy atom. The van der Waals surface area contributed by atoms with Crippen LogP contribution >= 0.6 is 0 Å². The molecule has 12 nitrogen and oxygen atoms in total. The van der Waals surface area contributed by atoms with Crippen molar-refractivity contribution in [3.05, 3.63) is 0 Å². The van der Waals surface area contributed by atoms with Crippen LogP contribution in [0.5, 0.6) is 0 Å². The minimum atomic E-state index is -0.680. The van der Waals surface area contributed by atoms with Crippen LogP contribution in [0.15, 0.2) is 0 Å². The standard InChI is InChI=1S/C38H65N3O9/c1-5-47-20-18-40-35(44)25-49-23-22-48-21-19-39-33(42)11-12-34(43)41-50-28-14-16-37(3)27(24-28)7-8-29-31-10-9-30(26(2)6-13-36(45)46)38(31,4)17-15-32(29)37/h26-32H,5-25H2,1-4H3,(H,39,42)(H,40,44)(H,41,43)(H,45,46)/t26-,27-,28+,29+,30-,31?,32+,37+,38-/m1/s1. The molecule has 4 aliphatic carbocycles. The Morgan fingerprint density at radius 3 is 2.20 bits per heavy atom. The monoisotopic (exact) mass is 707 g/mol. The molecular weight excluding hydrogens is 642 g/mol. The van der Waals surface area contributed by atoms with Crippen molar-refractivity contribution in [3.8, 4) is 0 Å². The molecule has 0 bridgehead atoms. The summed E-state index contributed by atoms with van der Waals surface area (Å²) in [4.78, 5) is 53.5. The second kappa shape index (κ2) is 19.5. The van der Waals surface area contributed by atoms with Gasteiger partial charge in [0.25, 0.3) is 0 Å². The van der Waals surface area contributed by atoms with Crippen molar-refractivity contribution in [1.82, 2.24) is 16.1 Å². The summed E-state index contributed by atoms with van der Waals surface area (Å²) >= 11 is 0. The number of carboxylic acids is 1. The quantitative estimate of drug-likeness (QED) is 0.0984. The van der Waals surface area contributed by atoms with Gasteiger partial charge in [-0.05, 0) is 117 Å². The van der Waals surface area contributed by atoms with Crippen LogP contribution in [-0.4, -0.2) is 87.6 Å². The molecular formula is C38H65N3O9. The molecule has 12 heteroatoms. The van der Waals surface area contributed by atoms with Crippen molar-refractivity contribution in [2.75, 3.05) is 52.7 Å². The van der Waals surface area contributed by atoms with E-state index in [4.69, 9.17) is 19.0 Å². The molecule has 0 aliphatic heterocycles. The maximum atomic E-state index is 12.5. The van der Waals surface area contributed by atoms with Crippen LogP contribution in [0, 0.1) is 46.3 Å². The third-order valence-corrected chi connectivity index (χ3v) is 13.1. The zero-order valence-corrected chi connectivity index (χ0v) is 31.1. The molecule has 4 aliphatic rings. The lowest BCUT2D eigenvalue weighted by atomic mass is 9.44. The topological polar surface area (TPSA) is 162 Å². The Morgan fingerprint density at radius 1 is 0.760 bits per heavy atom. The Kier molecular flexibility index (Phi) is 15.8. The number of hydrogen-bond donors (Lipinski definition) is 4. The summed E-state index contributed by atoms with van der Waals surface area (Å²) in [6.07, 6.45) is 11.7. The number of hydroxylamine groups is 1. The van der Waals surface area contributed by atoms with Gasteiger partial charge in [0, 0.05) is 39.0 Å². The third-order valence-electron chi connectivity index (χ3n) is 13.1. The fourth-order valence-electron chi connectivity index (χ4n) is 10.5. The molecule has 9 atom stereocenters. The predicted octanol–water partition coefficient (Wildman–Crippen LogP) is 4.64. The molecule has 0 heterocycles. The first-order valence-corrected chi connectivity index (χ1v) is 19.4. The number of rotatable bonds is 21. The van der Waals surface area contributed by atoms with E-state index in [0.717, 1.165) is 43.4 Å². The number of ether oxygens (including phenoxy) is 3. The number of amides is 3. The molecule has 0 radical (unpaired) electrons. The van der Waals surface area contributed by atoms with Gasteiger partial charge in [0.15, 0.2) is 0 Å². The summed E-state index contributed by atoms with van der Waals surface area (Å²) < 4.78 is 15.9. The van der Waals surface area contributed by atoms with Gasteiger partial charge in [-0.15, -0.1) is 0 Å². The SMILES string of the molecule is CCOCCNC(=O)COCCOCCNC(=O)CCC(=O)NO[C@H]1CC[C@@]2(C)[C@H](CC[C@H]3C4CC[C@H]([C@H](C)CCC(=O)O)[C@@]4(C)CC[C@@H]32)C1. The van der Waals surface area contributed by atoms with Gasteiger partial charge < -0.3 is 30.0 Å². The molecule has 4 fully saturated rings. The van der Waals surface area contributed by atoms with Gasteiger partial charge in [-0.2, -0.15) is 0 Å². The van der Waals surface area contributed by atoms with E-state index in [1.165, 1.54) is 38.5 Å². The van der Waals surface area contributed by atoms with Crippen molar-refractivity contribution in [2.45, 2.75) is 117 Å². The molecule has 0 spiro atoms. The maximum Gasteiger partial charge on any atom is 0.303 e. The van der Waals surface area contributed by atoms with Crippen molar-refractivity contribution in [1.29, 1.82) is 0 Å². The highest BCUT2D eigenvalue weighted by atomic mass is 16.7. The van der Waals surface area contributed by atoms with Gasteiger partial charge in [-0.3, -0.25) is 24.0 Å². The van der Waals surface area contributed by atoms with E-state index >= 15 is 0 Å². The first-order valence-electron chi connectivity index (χ1n) is 19.4. The summed E-state index contributed by atoms with van der Waals surface area (Å²) in [5.41, 5.74) is 3.27. The molecule has 50 heavy (non-hydrogen) atoms. The average molecular weight is 708 g/mol. The number of carbonyl (C=O) groups excluding carboxylic acids is 3. The van der Waals surface area contributed by atoms with E-state index in [-0.39, 0.29) is 56.3 Å². The number of nitrogens with one attached hydrogen (secondary N) is 3. The first-order chi connectivity index (χ1) is 24.0. The van der Waals surface area contributed by atoms with Gasteiger partial charge in [0.1, 0.15) is 6.61 Å². The molecule has 4 rings (SSSR count). The second-order valence-electron chi connectivity index (χ2n) is 15.9. The Hall–Kier alpha value is -2.28. The molecule has 0 saturated heterocycles. The minimum Gasteiger partial charge on any atom is -0.481 e. The number of hydrogen-bond acceptors (Lipinski definition) is 8. The maximum absolute atomic E-state index is 12.5. The Bertz CT molecular complexity index is 1120. The average Bonchev–Trinajstić information content (AvgIpc) is 3.45. The third kappa shape index (κ3) is 10.9. The van der Waals surface area contributed by atoms with E-state index in [2.05, 4.69) is 36.9 Å². The van der Waals surface area contributed by atoms with Gasteiger partial charge >= 0.3 is 5.97 Å². The molecule has 3 amide bonds. The Labute approximate surface area is 299 Å². The largest absolute Gasteiger partial charge is 0.481 e. The molecule has 4 N–H and O–H groups in total. The number of aliphatic carboxylic acids is 1. The van der Waals surface area contributed by atoms with E-state index < -0.39 is 5.97 Å². The van der Waals surface area contributed by atoms with E-state index in [1.54, 1.807) is 0 Å². The summed E-state index contributed by atoms with van der Waals surface area (Å²) in [6, 6.07) is 0. The molecule has 0 aromatic heterocycles. The molecule has 1 unspecified atom stereocenters. The highest BCUT2D eigenvalue weighted by Crippen LogP contribution is 2.68. The highest BCUT2D eigenvalue weighted by molar-refractivity contribution is 5.83. The summed E-state index contributed by atoms with van der Waals surface area (Å²) in [6.45, 7) is 11.9. The number of fused-ring (bicyclic) bond motifs is 5. The summed E-state index contributed by atoms with van der Waals surface area (Å²) in [5, 5.41) is 14.7. The minimum absolute atomic E-state index is 0.00175. The van der Waals surface area contributed by atoms with E-state index in [0.29, 0.717) is 68.1 Å². The van der Waals surface area contributed by atoms with Gasteiger partial charge in [0.05, 0.1) is 32.5 Å². The van der Waals surface area contributed by atoms with Crippen LogP contribution in [0.3, 0.4) is 0 Å². The summed E-state index contributed by atoms with van der Waals surface area (Å²) in [7, 11) is 0. The zero-order chi connectivity index (χ0) is 36.1. The Balaban J connectivity index is 1.07. The molecule has 4 saturated carbocycles. The lowest BCUT2D eigenvalue weighted by Gasteiger charge is -2.61. The lowest BCUT2D eigenvalue weighted by molar-refractivity contribution is -0.159. The molecule has 0 aromatic rings. The van der Waals surface area contributed by atoms with Gasteiger partial charge in [-0.1, -0.05) is 20.8 Å². The first kappa shape index (κ1) is 40.5. The van der Waals surface area contributed by atoms with Crippen LogP contribution in [0.25, 0.3) is 0 Å². The van der Waals surface area contributed by atoms with Crippen molar-refractivity contribution < 1.29 is 43.3 Å². The van der Waals surface area contributed by atoms with E-state index in [9.17, 15) is 24.3 Å². The highest BCUT2D eigenvalue weighted by Gasteiger charge is 2.60. The van der Waals surface area contributed by atoms with Crippen LogP contribution in [-0.2, 0) is 38.2 Å². The molecule has 0 aromatic carbocycles. The van der Waals surface area contributed by atoms with E-state index in [1.807, 2.05) is 6.92 Å². The smallest absolute Gasteiger partial charge is 0.303 e. The fourth-order valence-corrected chi connectivity index (χ4v) is 10.5. The van der Waals surface area contributed by atoms with Crippen LogP contribution in [0.2, 0.25) is 0 Å². The van der Waals surface area contributed by atoms with Crippen LogP contribution in [0.4, 0.5) is 0 Å². The number of carboxylic acid groups (broad SMARTS) is 1. The summed E-state index contributed by atoms with van der Waals surface area (Å²) in [5.74, 6) is 2.53. The second-order valence-corrected chi connectivity index (χ2v) is 15.9. The van der Waals surface area contributed by atoms with Gasteiger partial charge in [0.2, 0.25) is 17.7 Å². The predicted molar refractivity (Wildman–Crippen MR) is 188 cm³/mol. The normalized spacial score (nSPS) is 32.2. The van der Waals surface area contributed by atoms with Crippen molar-refractivity contribution in [3.63, 3.8) is 0 Å².